The van der Waals surface area contributed by atoms with Crippen molar-refractivity contribution in [2.24, 2.45) is 0 Å². The number of rotatable bonds is 2. The lowest BCUT2D eigenvalue weighted by atomic mass is 10.2. The summed E-state index contributed by atoms with van der Waals surface area (Å²) in [4.78, 5) is 9.00. The van der Waals surface area contributed by atoms with Crippen LogP contribution in [0.15, 0.2) is 48.5 Å². The molecule has 0 aliphatic rings. The highest BCUT2D eigenvalue weighted by atomic mass is 35.5. The van der Waals surface area contributed by atoms with E-state index in [4.69, 9.17) is 33.1 Å². The van der Waals surface area contributed by atoms with E-state index in [1.54, 1.807) is 12.1 Å². The SMILES string of the molecule is CC(=O)O.Clc1cccc(Cl)c1Nc1ccccc1. The molecule has 2 rings (SSSR count). The summed E-state index contributed by atoms with van der Waals surface area (Å²) in [5.74, 6) is -0.833. The van der Waals surface area contributed by atoms with E-state index in [0.29, 0.717) is 10.0 Å². The Labute approximate surface area is 121 Å². The second-order valence-electron chi connectivity index (χ2n) is 3.61. The lowest BCUT2D eigenvalue weighted by Crippen LogP contribution is -1.91. The molecule has 2 aromatic carbocycles. The fourth-order valence-corrected chi connectivity index (χ4v) is 1.77. The van der Waals surface area contributed by atoms with Gasteiger partial charge in [-0.1, -0.05) is 47.5 Å². The summed E-state index contributed by atoms with van der Waals surface area (Å²) in [6.07, 6.45) is 0. The topological polar surface area (TPSA) is 49.3 Å². The fraction of sp³-hybridized carbons (Fsp3) is 0.0714. The van der Waals surface area contributed by atoms with Gasteiger partial charge in [0.1, 0.15) is 0 Å². The van der Waals surface area contributed by atoms with Gasteiger partial charge in [0.2, 0.25) is 0 Å². The third-order valence-electron chi connectivity index (χ3n) is 2.01. The Morgan fingerprint density at radius 1 is 1.00 bits per heavy atom. The van der Waals surface area contributed by atoms with E-state index in [-0.39, 0.29) is 0 Å². The number of carbonyl (C=O) groups is 1. The maximum absolute atomic E-state index is 9.00. The average molecular weight is 298 g/mol. The first-order chi connectivity index (χ1) is 9.00. The number of hydrogen-bond acceptors (Lipinski definition) is 2. The molecule has 3 nitrogen and oxygen atoms in total. The molecule has 0 aliphatic heterocycles. The Hall–Kier alpha value is -1.71. The highest BCUT2D eigenvalue weighted by Gasteiger charge is 2.04. The maximum Gasteiger partial charge on any atom is 0.300 e. The van der Waals surface area contributed by atoms with Crippen molar-refractivity contribution in [2.45, 2.75) is 6.92 Å². The van der Waals surface area contributed by atoms with Gasteiger partial charge in [0.05, 0.1) is 15.7 Å². The molecule has 19 heavy (non-hydrogen) atoms. The Morgan fingerprint density at radius 3 is 1.95 bits per heavy atom. The minimum Gasteiger partial charge on any atom is -0.481 e. The van der Waals surface area contributed by atoms with Crippen LogP contribution in [0.3, 0.4) is 0 Å². The summed E-state index contributed by atoms with van der Waals surface area (Å²) in [5, 5.41) is 11.8. The van der Waals surface area contributed by atoms with Gasteiger partial charge >= 0.3 is 0 Å². The first-order valence-corrected chi connectivity index (χ1v) is 6.22. The summed E-state index contributed by atoms with van der Waals surface area (Å²) in [5.41, 5.74) is 1.71. The minimum absolute atomic E-state index is 0.617. The molecular weight excluding hydrogens is 285 g/mol. The van der Waals surface area contributed by atoms with Crippen LogP contribution in [-0.4, -0.2) is 11.1 Å². The zero-order chi connectivity index (χ0) is 14.3. The van der Waals surface area contributed by atoms with Crippen LogP contribution in [0.1, 0.15) is 6.92 Å². The zero-order valence-corrected chi connectivity index (χ0v) is 11.7. The predicted octanol–water partition coefficient (Wildman–Crippen LogP) is 4.83. The van der Waals surface area contributed by atoms with E-state index in [2.05, 4.69) is 5.32 Å². The van der Waals surface area contributed by atoms with Crippen LogP contribution in [0.5, 0.6) is 0 Å². The van der Waals surface area contributed by atoms with Crippen LogP contribution < -0.4 is 5.32 Å². The lowest BCUT2D eigenvalue weighted by Gasteiger charge is -2.09. The highest BCUT2D eigenvalue weighted by molar-refractivity contribution is 6.39. The van der Waals surface area contributed by atoms with Gasteiger partial charge in [0.25, 0.3) is 5.97 Å². The van der Waals surface area contributed by atoms with Gasteiger partial charge in [-0.2, -0.15) is 0 Å². The van der Waals surface area contributed by atoms with E-state index in [0.717, 1.165) is 18.3 Å². The maximum atomic E-state index is 9.00. The second-order valence-corrected chi connectivity index (χ2v) is 4.42. The smallest absolute Gasteiger partial charge is 0.300 e. The average Bonchev–Trinajstić information content (AvgIpc) is 2.35. The number of hydrogen-bond donors (Lipinski definition) is 2. The van der Waals surface area contributed by atoms with Crippen molar-refractivity contribution < 1.29 is 9.90 Å². The summed E-state index contributed by atoms with van der Waals surface area (Å²) in [6, 6.07) is 15.2. The van der Waals surface area contributed by atoms with Crippen molar-refractivity contribution >= 4 is 40.5 Å². The molecule has 0 amide bonds. The van der Waals surface area contributed by atoms with Crippen molar-refractivity contribution in [1.29, 1.82) is 0 Å². The van der Waals surface area contributed by atoms with E-state index >= 15 is 0 Å². The van der Waals surface area contributed by atoms with E-state index in [1.807, 2.05) is 36.4 Å². The number of anilines is 2. The van der Waals surface area contributed by atoms with E-state index in [1.165, 1.54) is 0 Å². The predicted molar refractivity (Wildman–Crippen MR) is 79.5 cm³/mol. The summed E-state index contributed by atoms with van der Waals surface area (Å²) in [6.45, 7) is 1.08. The molecule has 0 heterocycles. The molecule has 5 heteroatoms. The quantitative estimate of drug-likeness (QED) is 0.835. The third-order valence-corrected chi connectivity index (χ3v) is 2.64. The molecule has 0 aromatic heterocycles. The fourth-order valence-electron chi connectivity index (χ4n) is 1.28. The molecule has 2 N–H and O–H groups in total. The molecule has 0 bridgehead atoms. The molecule has 0 unspecified atom stereocenters. The Morgan fingerprint density at radius 2 is 1.47 bits per heavy atom. The Bertz CT molecular complexity index is 520. The van der Waals surface area contributed by atoms with Crippen LogP contribution >= 0.6 is 23.2 Å². The van der Waals surface area contributed by atoms with Gasteiger partial charge in [0, 0.05) is 12.6 Å². The van der Waals surface area contributed by atoms with Crippen LogP contribution in [0.25, 0.3) is 0 Å². The molecule has 0 atom stereocenters. The van der Waals surface area contributed by atoms with Gasteiger partial charge in [-0.05, 0) is 24.3 Å². The van der Waals surface area contributed by atoms with E-state index in [9.17, 15) is 0 Å². The number of benzene rings is 2. The number of halogens is 2. The van der Waals surface area contributed by atoms with Crippen molar-refractivity contribution in [2.75, 3.05) is 5.32 Å². The first kappa shape index (κ1) is 15.3. The number of nitrogens with one attached hydrogen (secondary N) is 1. The monoisotopic (exact) mass is 297 g/mol. The van der Waals surface area contributed by atoms with Gasteiger partial charge in [-0.15, -0.1) is 0 Å². The molecule has 2 aromatic rings. The molecule has 0 saturated carbocycles. The van der Waals surface area contributed by atoms with Gasteiger partial charge in [0.15, 0.2) is 0 Å². The first-order valence-electron chi connectivity index (χ1n) is 5.46. The second kappa shape index (κ2) is 7.67. The van der Waals surface area contributed by atoms with Crippen molar-refractivity contribution in [3.8, 4) is 0 Å². The van der Waals surface area contributed by atoms with Gasteiger partial charge in [-0.3, -0.25) is 4.79 Å². The Balaban J connectivity index is 0.000000399. The Kier molecular flexibility index (Phi) is 6.19. The molecule has 0 saturated heterocycles. The van der Waals surface area contributed by atoms with Crippen molar-refractivity contribution in [3.63, 3.8) is 0 Å². The molecule has 0 fully saturated rings. The summed E-state index contributed by atoms with van der Waals surface area (Å²) in [7, 11) is 0. The molecule has 100 valence electrons. The van der Waals surface area contributed by atoms with Crippen LogP contribution in [0.4, 0.5) is 11.4 Å². The van der Waals surface area contributed by atoms with Crippen molar-refractivity contribution in [1.82, 2.24) is 0 Å². The number of aliphatic carboxylic acids is 1. The molecule has 0 spiro atoms. The zero-order valence-electron chi connectivity index (χ0n) is 10.2. The molecule has 0 aliphatic carbocycles. The van der Waals surface area contributed by atoms with E-state index < -0.39 is 5.97 Å². The van der Waals surface area contributed by atoms with Gasteiger partial charge < -0.3 is 10.4 Å². The lowest BCUT2D eigenvalue weighted by molar-refractivity contribution is -0.134. The van der Waals surface area contributed by atoms with Crippen LogP contribution in [0, 0.1) is 0 Å². The number of carboxylic acids is 1. The van der Waals surface area contributed by atoms with Gasteiger partial charge in [-0.25, -0.2) is 0 Å². The number of carboxylic acid groups (broad SMARTS) is 1. The number of para-hydroxylation sites is 2. The minimum atomic E-state index is -0.833. The molecular formula is C14H13Cl2NO2. The molecule has 0 radical (unpaired) electrons. The van der Waals surface area contributed by atoms with Crippen molar-refractivity contribution in [3.05, 3.63) is 58.6 Å². The van der Waals surface area contributed by atoms with Crippen LogP contribution in [-0.2, 0) is 4.79 Å². The standard InChI is InChI=1S/C12H9Cl2N.C2H4O2/c13-10-7-4-8-11(14)12(10)15-9-5-2-1-3-6-9;1-2(3)4/h1-8,15H;1H3,(H,3,4). The normalized spacial score (nSPS) is 9.21. The summed E-state index contributed by atoms with van der Waals surface area (Å²) < 4.78 is 0. The third kappa shape index (κ3) is 5.64. The highest BCUT2D eigenvalue weighted by Crippen LogP contribution is 2.32. The summed E-state index contributed by atoms with van der Waals surface area (Å²) >= 11 is 12.1. The largest absolute Gasteiger partial charge is 0.481 e. The van der Waals surface area contributed by atoms with Crippen LogP contribution in [0.2, 0.25) is 10.0 Å².